The van der Waals surface area contributed by atoms with Crippen LogP contribution in [-0.4, -0.2) is 30.9 Å². The van der Waals surface area contributed by atoms with Crippen LogP contribution in [-0.2, 0) is 4.79 Å². The molecular weight excluding hydrogens is 176 g/mol. The van der Waals surface area contributed by atoms with Crippen LogP contribution in [0.25, 0.3) is 0 Å². The highest BCUT2D eigenvalue weighted by Gasteiger charge is 2.25. The van der Waals surface area contributed by atoms with E-state index in [0.29, 0.717) is 6.04 Å². The van der Waals surface area contributed by atoms with E-state index in [9.17, 15) is 4.79 Å². The number of carbonyl (C=O) groups excluding carboxylic acids is 1. The van der Waals surface area contributed by atoms with Crippen LogP contribution >= 0.6 is 0 Å². The van der Waals surface area contributed by atoms with Crippen molar-refractivity contribution in [1.82, 2.24) is 4.90 Å². The van der Waals surface area contributed by atoms with Crippen molar-refractivity contribution in [2.24, 2.45) is 11.7 Å². The molecule has 2 atom stereocenters. The smallest absolute Gasteiger partial charge is 0.222 e. The second-order valence-electron chi connectivity index (χ2n) is 4.09. The summed E-state index contributed by atoms with van der Waals surface area (Å²) in [5, 5.41) is 0. The molecule has 0 aromatic heterocycles. The van der Waals surface area contributed by atoms with E-state index in [2.05, 4.69) is 18.7 Å². The number of nitrogens with two attached hydrogens (primary N) is 1. The lowest BCUT2D eigenvalue weighted by Gasteiger charge is -2.29. The highest BCUT2D eigenvalue weighted by Crippen LogP contribution is 2.18. The average molecular weight is 200 g/mol. The maximum Gasteiger partial charge on any atom is 0.222 e. The molecule has 0 aliphatic carbocycles. The Morgan fingerprint density at radius 1 is 1.36 bits per heavy atom. The van der Waals surface area contributed by atoms with Gasteiger partial charge in [-0.15, -0.1) is 0 Å². The number of amides is 1. The second-order valence-corrected chi connectivity index (χ2v) is 4.09. The van der Waals surface area contributed by atoms with Crippen LogP contribution in [0.5, 0.6) is 0 Å². The predicted octanol–water partition coefficient (Wildman–Crippen LogP) is 1.62. The molecule has 0 saturated heterocycles. The Bertz CT molecular complexity index is 169. The summed E-state index contributed by atoms with van der Waals surface area (Å²) in [6, 6.07) is 0.291. The van der Waals surface area contributed by atoms with Gasteiger partial charge < -0.3 is 10.6 Å². The first-order chi connectivity index (χ1) is 6.54. The van der Waals surface area contributed by atoms with Gasteiger partial charge in [0.2, 0.25) is 5.91 Å². The van der Waals surface area contributed by atoms with Crippen molar-refractivity contribution < 1.29 is 4.79 Å². The van der Waals surface area contributed by atoms with E-state index >= 15 is 0 Å². The lowest BCUT2D eigenvalue weighted by atomic mass is 9.91. The summed E-state index contributed by atoms with van der Waals surface area (Å²) in [5.41, 5.74) is 5.43. The minimum absolute atomic E-state index is 0.00921. The topological polar surface area (TPSA) is 46.3 Å². The van der Waals surface area contributed by atoms with Gasteiger partial charge in [0.25, 0.3) is 0 Å². The van der Waals surface area contributed by atoms with E-state index in [1.807, 2.05) is 14.1 Å². The molecule has 0 spiro atoms. The number of unbranched alkanes of at least 4 members (excludes halogenated alkanes) is 1. The van der Waals surface area contributed by atoms with Crippen LogP contribution in [0.1, 0.15) is 39.5 Å². The van der Waals surface area contributed by atoms with Gasteiger partial charge in [-0.3, -0.25) is 4.79 Å². The highest BCUT2D eigenvalue weighted by molar-refractivity contribution is 5.77. The summed E-state index contributed by atoms with van der Waals surface area (Å²) in [6.45, 7) is 4.24. The molecule has 0 heterocycles. The van der Waals surface area contributed by atoms with Gasteiger partial charge in [0.1, 0.15) is 0 Å². The van der Waals surface area contributed by atoms with E-state index in [0.717, 1.165) is 25.7 Å². The number of rotatable bonds is 7. The summed E-state index contributed by atoms with van der Waals surface area (Å²) in [4.78, 5) is 13.4. The van der Waals surface area contributed by atoms with E-state index in [1.54, 1.807) is 0 Å². The molecule has 0 radical (unpaired) electrons. The lowest BCUT2D eigenvalue weighted by molar-refractivity contribution is -0.124. The molecule has 3 nitrogen and oxygen atoms in total. The number of hydrogen-bond acceptors (Lipinski definition) is 2. The molecule has 0 aromatic carbocycles. The minimum Gasteiger partial charge on any atom is -0.369 e. The van der Waals surface area contributed by atoms with Crippen molar-refractivity contribution in [2.45, 2.75) is 45.6 Å². The molecular formula is C11H24N2O. The van der Waals surface area contributed by atoms with Gasteiger partial charge in [-0.1, -0.05) is 26.7 Å². The first-order valence-electron chi connectivity index (χ1n) is 5.50. The summed E-state index contributed by atoms with van der Waals surface area (Å²) >= 11 is 0. The summed E-state index contributed by atoms with van der Waals surface area (Å²) in [6.07, 6.45) is 4.10. The van der Waals surface area contributed by atoms with Gasteiger partial charge in [0.15, 0.2) is 0 Å². The minimum atomic E-state index is -0.154. The fourth-order valence-electron chi connectivity index (χ4n) is 1.96. The summed E-state index contributed by atoms with van der Waals surface area (Å²) < 4.78 is 0. The predicted molar refractivity (Wildman–Crippen MR) is 60.0 cm³/mol. The van der Waals surface area contributed by atoms with Crippen LogP contribution in [0, 0.1) is 5.92 Å². The van der Waals surface area contributed by atoms with Crippen LogP contribution in [0.15, 0.2) is 0 Å². The quantitative estimate of drug-likeness (QED) is 0.679. The Hall–Kier alpha value is -0.570. The normalized spacial score (nSPS) is 15.5. The van der Waals surface area contributed by atoms with Crippen molar-refractivity contribution in [3.8, 4) is 0 Å². The Morgan fingerprint density at radius 2 is 1.93 bits per heavy atom. The average Bonchev–Trinajstić information content (AvgIpc) is 2.10. The Labute approximate surface area is 87.6 Å². The van der Waals surface area contributed by atoms with Crippen molar-refractivity contribution >= 4 is 5.91 Å². The van der Waals surface area contributed by atoms with Crippen LogP contribution in [0.4, 0.5) is 0 Å². The van der Waals surface area contributed by atoms with Gasteiger partial charge in [0, 0.05) is 6.04 Å². The fourth-order valence-corrected chi connectivity index (χ4v) is 1.96. The molecule has 0 bridgehead atoms. The fraction of sp³-hybridized carbons (Fsp3) is 0.909. The Kier molecular flexibility index (Phi) is 6.54. The van der Waals surface area contributed by atoms with Crippen LogP contribution < -0.4 is 5.73 Å². The molecule has 2 N–H and O–H groups in total. The van der Waals surface area contributed by atoms with Gasteiger partial charge in [-0.05, 0) is 26.9 Å². The molecule has 3 heteroatoms. The molecule has 14 heavy (non-hydrogen) atoms. The molecule has 0 fully saturated rings. The standard InChI is InChI=1S/C11H24N2O/c1-5-7-8-9(11(12)14)10(6-2)13(3)4/h9-10H,5-8H2,1-4H3,(H2,12,14). The monoisotopic (exact) mass is 200 g/mol. The summed E-state index contributed by atoms with van der Waals surface area (Å²) in [7, 11) is 4.02. The van der Waals surface area contributed by atoms with E-state index < -0.39 is 0 Å². The van der Waals surface area contributed by atoms with E-state index in [-0.39, 0.29) is 11.8 Å². The maximum absolute atomic E-state index is 11.3. The molecule has 0 aromatic rings. The van der Waals surface area contributed by atoms with Crippen molar-refractivity contribution in [2.75, 3.05) is 14.1 Å². The van der Waals surface area contributed by atoms with Gasteiger partial charge >= 0.3 is 0 Å². The third kappa shape index (κ3) is 4.09. The Morgan fingerprint density at radius 3 is 2.21 bits per heavy atom. The SMILES string of the molecule is CCCCC(C(N)=O)C(CC)N(C)C. The number of hydrogen-bond donors (Lipinski definition) is 1. The zero-order chi connectivity index (χ0) is 11.1. The highest BCUT2D eigenvalue weighted by atomic mass is 16.1. The van der Waals surface area contributed by atoms with Gasteiger partial charge in [-0.2, -0.15) is 0 Å². The lowest BCUT2D eigenvalue weighted by Crippen LogP contribution is -2.41. The molecule has 0 aliphatic heterocycles. The van der Waals surface area contributed by atoms with E-state index in [4.69, 9.17) is 5.73 Å². The number of carbonyl (C=O) groups is 1. The molecule has 2 unspecified atom stereocenters. The molecule has 84 valence electrons. The first-order valence-corrected chi connectivity index (χ1v) is 5.50. The zero-order valence-electron chi connectivity index (χ0n) is 9.92. The third-order valence-corrected chi connectivity index (χ3v) is 2.78. The van der Waals surface area contributed by atoms with Crippen molar-refractivity contribution in [3.63, 3.8) is 0 Å². The number of nitrogens with zero attached hydrogens (tertiary/aromatic N) is 1. The van der Waals surface area contributed by atoms with Crippen LogP contribution in [0.2, 0.25) is 0 Å². The first kappa shape index (κ1) is 13.4. The van der Waals surface area contributed by atoms with Crippen LogP contribution in [0.3, 0.4) is 0 Å². The summed E-state index contributed by atoms with van der Waals surface area (Å²) in [5.74, 6) is -0.144. The zero-order valence-corrected chi connectivity index (χ0v) is 9.92. The molecule has 0 aliphatic rings. The maximum atomic E-state index is 11.3. The van der Waals surface area contributed by atoms with E-state index in [1.165, 1.54) is 0 Å². The van der Waals surface area contributed by atoms with Gasteiger partial charge in [-0.25, -0.2) is 0 Å². The Balaban J connectivity index is 4.36. The number of primary amides is 1. The molecule has 1 amide bonds. The third-order valence-electron chi connectivity index (χ3n) is 2.78. The second kappa shape index (κ2) is 6.82. The molecule has 0 saturated carbocycles. The molecule has 0 rings (SSSR count). The van der Waals surface area contributed by atoms with Crippen molar-refractivity contribution in [1.29, 1.82) is 0 Å². The van der Waals surface area contributed by atoms with Crippen molar-refractivity contribution in [3.05, 3.63) is 0 Å². The van der Waals surface area contributed by atoms with Gasteiger partial charge in [0.05, 0.1) is 5.92 Å². The largest absolute Gasteiger partial charge is 0.369 e.